The lowest BCUT2D eigenvalue weighted by atomic mass is 9.96. The molecule has 3 N–H and O–H groups in total. The summed E-state index contributed by atoms with van der Waals surface area (Å²) in [5.41, 5.74) is 5.87. The van der Waals surface area contributed by atoms with Crippen LogP contribution in [0.3, 0.4) is 0 Å². The highest BCUT2D eigenvalue weighted by Crippen LogP contribution is 2.17. The van der Waals surface area contributed by atoms with E-state index in [0.29, 0.717) is 18.5 Å². The van der Waals surface area contributed by atoms with Crippen LogP contribution < -0.4 is 11.1 Å². The number of rotatable bonds is 3. The second-order valence-corrected chi connectivity index (χ2v) is 5.86. The summed E-state index contributed by atoms with van der Waals surface area (Å²) in [4.78, 5) is 9.81. The van der Waals surface area contributed by atoms with Crippen LogP contribution in [0.1, 0.15) is 42.0 Å². The van der Waals surface area contributed by atoms with E-state index in [1.165, 1.54) is 37.0 Å². The van der Waals surface area contributed by atoms with Crippen molar-refractivity contribution in [3.8, 4) is 0 Å². The molecule has 0 amide bonds. The summed E-state index contributed by atoms with van der Waals surface area (Å²) in [5, 5.41) is 4.32. The van der Waals surface area contributed by atoms with Crippen LogP contribution in [0.5, 0.6) is 0 Å². The first-order valence-corrected chi connectivity index (χ1v) is 7.03. The van der Waals surface area contributed by atoms with Crippen molar-refractivity contribution < 1.29 is 0 Å². The molecule has 2 rings (SSSR count). The summed E-state index contributed by atoms with van der Waals surface area (Å²) in [7, 11) is 0. The van der Waals surface area contributed by atoms with Gasteiger partial charge in [0.25, 0.3) is 0 Å². The summed E-state index contributed by atoms with van der Waals surface area (Å²) in [5.74, 6) is 0.560. The van der Waals surface area contributed by atoms with Gasteiger partial charge in [0.1, 0.15) is 5.01 Å². The van der Waals surface area contributed by atoms with Gasteiger partial charge in [-0.3, -0.25) is 0 Å². The highest BCUT2D eigenvalue weighted by Gasteiger charge is 2.13. The van der Waals surface area contributed by atoms with Crippen molar-refractivity contribution in [1.29, 1.82) is 0 Å². The third kappa shape index (κ3) is 4.00. The second-order valence-electron chi connectivity index (χ2n) is 4.55. The minimum Gasteiger partial charge on any atom is -0.370 e. The monoisotopic (exact) mass is 252 g/mol. The second kappa shape index (κ2) is 6.00. The van der Waals surface area contributed by atoms with Gasteiger partial charge >= 0.3 is 0 Å². The fraction of sp³-hybridized carbons (Fsp3) is 0.667. The van der Waals surface area contributed by atoms with Gasteiger partial charge in [-0.1, -0.05) is 19.3 Å². The third-order valence-electron chi connectivity index (χ3n) is 3.01. The van der Waals surface area contributed by atoms with Gasteiger partial charge in [0, 0.05) is 17.1 Å². The number of guanidine groups is 1. The van der Waals surface area contributed by atoms with Crippen LogP contribution >= 0.6 is 11.3 Å². The van der Waals surface area contributed by atoms with Crippen LogP contribution in [0, 0.1) is 6.92 Å². The lowest BCUT2D eigenvalue weighted by Crippen LogP contribution is -2.41. The summed E-state index contributed by atoms with van der Waals surface area (Å²) < 4.78 is 0. The standard InChI is InChI=1S/C12H20N4S/c1-9-7-14-11(17-9)8-15-12(13)16-10-5-3-2-4-6-10/h7,10H,2-6,8H2,1H3,(H3,13,15,16). The lowest BCUT2D eigenvalue weighted by molar-refractivity contribution is 0.412. The number of aliphatic imine (C=N–C) groups is 1. The van der Waals surface area contributed by atoms with Gasteiger partial charge < -0.3 is 11.1 Å². The molecular weight excluding hydrogens is 232 g/mol. The Morgan fingerprint density at radius 1 is 1.53 bits per heavy atom. The molecule has 94 valence electrons. The number of nitrogens with two attached hydrogens (primary N) is 1. The molecule has 1 saturated carbocycles. The highest BCUT2D eigenvalue weighted by atomic mass is 32.1. The van der Waals surface area contributed by atoms with Crippen molar-refractivity contribution >= 4 is 17.3 Å². The smallest absolute Gasteiger partial charge is 0.189 e. The van der Waals surface area contributed by atoms with Crippen molar-refractivity contribution in [1.82, 2.24) is 10.3 Å². The van der Waals surface area contributed by atoms with Crippen LogP contribution in [0.25, 0.3) is 0 Å². The van der Waals surface area contributed by atoms with E-state index in [1.807, 2.05) is 6.20 Å². The first kappa shape index (κ1) is 12.4. The van der Waals surface area contributed by atoms with Gasteiger partial charge in [-0.25, -0.2) is 9.98 Å². The van der Waals surface area contributed by atoms with Crippen molar-refractivity contribution in [3.05, 3.63) is 16.1 Å². The fourth-order valence-corrected chi connectivity index (χ4v) is 2.84. The molecule has 1 aromatic rings. The molecule has 17 heavy (non-hydrogen) atoms. The molecule has 1 aliphatic carbocycles. The number of hydrogen-bond donors (Lipinski definition) is 2. The normalized spacial score (nSPS) is 18.3. The molecule has 1 aromatic heterocycles. The molecule has 0 bridgehead atoms. The molecule has 0 aliphatic heterocycles. The van der Waals surface area contributed by atoms with E-state index in [1.54, 1.807) is 11.3 Å². The summed E-state index contributed by atoms with van der Waals surface area (Å²) in [6, 6.07) is 0.519. The Morgan fingerprint density at radius 3 is 2.94 bits per heavy atom. The number of nitrogens with one attached hydrogen (secondary N) is 1. The predicted octanol–water partition coefficient (Wildman–Crippen LogP) is 2.19. The van der Waals surface area contributed by atoms with Gasteiger partial charge in [0.05, 0.1) is 6.54 Å². The lowest BCUT2D eigenvalue weighted by Gasteiger charge is -2.23. The van der Waals surface area contributed by atoms with E-state index in [-0.39, 0.29) is 0 Å². The molecule has 0 radical (unpaired) electrons. The Morgan fingerprint density at radius 2 is 2.29 bits per heavy atom. The molecule has 0 spiro atoms. The van der Waals surface area contributed by atoms with Crippen LogP contribution in [0.4, 0.5) is 0 Å². The van der Waals surface area contributed by atoms with Crippen molar-refractivity contribution in [2.24, 2.45) is 10.7 Å². The summed E-state index contributed by atoms with van der Waals surface area (Å²) >= 11 is 1.67. The Kier molecular flexibility index (Phi) is 4.36. The molecule has 1 heterocycles. The number of nitrogens with zero attached hydrogens (tertiary/aromatic N) is 2. The minimum absolute atomic E-state index is 0.519. The Labute approximate surface area is 106 Å². The van der Waals surface area contributed by atoms with Crippen molar-refractivity contribution in [2.75, 3.05) is 0 Å². The zero-order chi connectivity index (χ0) is 12.1. The molecule has 1 aliphatic rings. The Hall–Kier alpha value is -1.10. The molecule has 0 atom stereocenters. The van der Waals surface area contributed by atoms with E-state index in [2.05, 4.69) is 22.2 Å². The molecule has 5 heteroatoms. The largest absolute Gasteiger partial charge is 0.370 e. The molecule has 0 unspecified atom stereocenters. The predicted molar refractivity (Wildman–Crippen MR) is 72.2 cm³/mol. The third-order valence-corrected chi connectivity index (χ3v) is 3.91. The van der Waals surface area contributed by atoms with E-state index >= 15 is 0 Å². The Balaban J connectivity index is 1.80. The first-order chi connectivity index (χ1) is 8.24. The zero-order valence-corrected chi connectivity index (χ0v) is 11.1. The van der Waals surface area contributed by atoms with Crippen LogP contribution in [0.2, 0.25) is 0 Å². The maximum Gasteiger partial charge on any atom is 0.189 e. The topological polar surface area (TPSA) is 63.3 Å². The molecule has 4 nitrogen and oxygen atoms in total. The molecule has 1 fully saturated rings. The van der Waals surface area contributed by atoms with Gasteiger partial charge in [-0.15, -0.1) is 11.3 Å². The minimum atomic E-state index is 0.519. The van der Waals surface area contributed by atoms with Crippen LogP contribution in [-0.2, 0) is 6.54 Å². The van der Waals surface area contributed by atoms with Crippen molar-refractivity contribution in [2.45, 2.75) is 51.6 Å². The Bertz CT molecular complexity index is 380. The number of aromatic nitrogens is 1. The van der Waals surface area contributed by atoms with E-state index in [0.717, 1.165) is 5.01 Å². The van der Waals surface area contributed by atoms with E-state index in [4.69, 9.17) is 5.73 Å². The number of thiazole rings is 1. The average molecular weight is 252 g/mol. The van der Waals surface area contributed by atoms with Crippen LogP contribution in [-0.4, -0.2) is 17.0 Å². The maximum atomic E-state index is 5.87. The van der Waals surface area contributed by atoms with E-state index < -0.39 is 0 Å². The zero-order valence-electron chi connectivity index (χ0n) is 10.3. The van der Waals surface area contributed by atoms with Crippen molar-refractivity contribution in [3.63, 3.8) is 0 Å². The summed E-state index contributed by atoms with van der Waals surface area (Å²) in [6.45, 7) is 2.64. The van der Waals surface area contributed by atoms with Gasteiger partial charge in [0.15, 0.2) is 5.96 Å². The average Bonchev–Trinajstić information content (AvgIpc) is 2.74. The first-order valence-electron chi connectivity index (χ1n) is 6.22. The highest BCUT2D eigenvalue weighted by molar-refractivity contribution is 7.11. The summed E-state index contributed by atoms with van der Waals surface area (Å²) in [6.07, 6.45) is 8.26. The molecule has 0 aromatic carbocycles. The van der Waals surface area contributed by atoms with E-state index in [9.17, 15) is 0 Å². The quantitative estimate of drug-likeness (QED) is 0.640. The van der Waals surface area contributed by atoms with Gasteiger partial charge in [-0.2, -0.15) is 0 Å². The molecule has 0 saturated heterocycles. The number of aryl methyl sites for hydroxylation is 1. The SMILES string of the molecule is Cc1cnc(CN=C(N)NC2CCCCC2)s1. The number of hydrogen-bond acceptors (Lipinski definition) is 3. The van der Waals surface area contributed by atoms with Gasteiger partial charge in [0.2, 0.25) is 0 Å². The van der Waals surface area contributed by atoms with Crippen LogP contribution in [0.15, 0.2) is 11.2 Å². The fourth-order valence-electron chi connectivity index (χ4n) is 2.13. The molecular formula is C12H20N4S. The van der Waals surface area contributed by atoms with Gasteiger partial charge in [-0.05, 0) is 19.8 Å². The maximum absolute atomic E-state index is 5.87.